The first-order valence-corrected chi connectivity index (χ1v) is 3.02. The van der Waals surface area contributed by atoms with Crippen LogP contribution in [0.5, 0.6) is 0 Å². The smallest absolute Gasteiger partial charge is 0.217 e. The summed E-state index contributed by atoms with van der Waals surface area (Å²) < 4.78 is 0. The van der Waals surface area contributed by atoms with Gasteiger partial charge in [0.05, 0.1) is 6.54 Å². The molecular weight excluding hydrogens is 130 g/mol. The van der Waals surface area contributed by atoms with Crippen molar-refractivity contribution in [3.63, 3.8) is 0 Å². The summed E-state index contributed by atoms with van der Waals surface area (Å²) in [5.74, 6) is 0.728. The lowest BCUT2D eigenvalue weighted by Crippen LogP contribution is -2.19. The maximum atomic E-state index is 10.4. The topological polar surface area (TPSA) is 57.8 Å². The number of hydrogen-bond donors (Lipinski definition) is 2. The highest BCUT2D eigenvalue weighted by Crippen LogP contribution is 1.85. The molecule has 0 spiro atoms. The van der Waals surface area contributed by atoms with E-state index in [1.807, 2.05) is 0 Å². The van der Waals surface area contributed by atoms with Gasteiger partial charge in [-0.05, 0) is 0 Å². The molecule has 54 valence electrons. The van der Waals surface area contributed by atoms with Gasteiger partial charge in [0, 0.05) is 19.3 Å². The van der Waals surface area contributed by atoms with Crippen molar-refractivity contribution in [1.29, 1.82) is 0 Å². The number of carbonyl (C=O) groups is 1. The summed E-state index contributed by atoms with van der Waals surface area (Å²) in [4.78, 5) is 17.2. The molecule has 1 amide bonds. The van der Waals surface area contributed by atoms with Crippen molar-refractivity contribution in [2.24, 2.45) is 0 Å². The number of amides is 1. The summed E-state index contributed by atoms with van der Waals surface area (Å²) in [7, 11) is 0. The van der Waals surface area contributed by atoms with Gasteiger partial charge in [-0.25, -0.2) is 4.98 Å². The minimum Gasteiger partial charge on any atom is -0.349 e. The molecule has 1 aromatic heterocycles. The fourth-order valence-electron chi connectivity index (χ4n) is 0.603. The second-order valence-corrected chi connectivity index (χ2v) is 1.95. The molecule has 0 fully saturated rings. The predicted octanol–water partition coefficient (Wildman–Crippen LogP) is 0.0458. The maximum absolute atomic E-state index is 10.4. The van der Waals surface area contributed by atoms with Crippen LogP contribution < -0.4 is 5.32 Å². The van der Waals surface area contributed by atoms with Crippen molar-refractivity contribution in [2.75, 3.05) is 0 Å². The Morgan fingerprint density at radius 1 is 1.90 bits per heavy atom. The fraction of sp³-hybridized carbons (Fsp3) is 0.333. The maximum Gasteiger partial charge on any atom is 0.217 e. The number of imidazole rings is 1. The molecule has 0 atom stereocenters. The molecule has 1 rings (SSSR count). The van der Waals surface area contributed by atoms with E-state index in [1.165, 1.54) is 6.92 Å². The second-order valence-electron chi connectivity index (χ2n) is 1.95. The van der Waals surface area contributed by atoms with E-state index in [-0.39, 0.29) is 5.91 Å². The van der Waals surface area contributed by atoms with Crippen LogP contribution >= 0.6 is 0 Å². The van der Waals surface area contributed by atoms with Crippen LogP contribution in [0.4, 0.5) is 0 Å². The molecule has 0 aromatic carbocycles. The highest BCUT2D eigenvalue weighted by atomic mass is 16.1. The molecule has 0 saturated heterocycles. The SMILES string of the molecule is CC(=O)NCc1ncc[nH]1. The predicted molar refractivity (Wildman–Crippen MR) is 36.1 cm³/mol. The third kappa shape index (κ3) is 1.89. The average Bonchev–Trinajstić information content (AvgIpc) is 2.34. The highest BCUT2D eigenvalue weighted by molar-refractivity contribution is 5.72. The third-order valence-corrected chi connectivity index (χ3v) is 1.06. The van der Waals surface area contributed by atoms with Gasteiger partial charge in [0.25, 0.3) is 0 Å². The first-order valence-electron chi connectivity index (χ1n) is 3.02. The van der Waals surface area contributed by atoms with Crippen molar-refractivity contribution >= 4 is 5.91 Å². The summed E-state index contributed by atoms with van der Waals surface area (Å²) in [5, 5.41) is 2.62. The lowest BCUT2D eigenvalue weighted by molar-refractivity contribution is -0.119. The van der Waals surface area contributed by atoms with Gasteiger partial charge in [0.2, 0.25) is 5.91 Å². The van der Waals surface area contributed by atoms with E-state index in [0.717, 1.165) is 5.82 Å². The quantitative estimate of drug-likeness (QED) is 0.608. The van der Waals surface area contributed by atoms with Crippen LogP contribution in [0.25, 0.3) is 0 Å². The Bertz CT molecular complexity index is 205. The molecule has 4 nitrogen and oxygen atoms in total. The second kappa shape index (κ2) is 3.00. The first-order chi connectivity index (χ1) is 4.79. The molecule has 0 radical (unpaired) electrons. The number of rotatable bonds is 2. The van der Waals surface area contributed by atoms with E-state index in [1.54, 1.807) is 12.4 Å². The van der Waals surface area contributed by atoms with Crippen LogP contribution in [0.15, 0.2) is 12.4 Å². The van der Waals surface area contributed by atoms with Gasteiger partial charge < -0.3 is 10.3 Å². The summed E-state index contributed by atoms with van der Waals surface area (Å²) in [6.07, 6.45) is 3.37. The van der Waals surface area contributed by atoms with Crippen LogP contribution in [0.1, 0.15) is 12.7 Å². The number of aromatic nitrogens is 2. The lowest BCUT2D eigenvalue weighted by Gasteiger charge is -1.95. The average molecular weight is 139 g/mol. The number of nitrogens with one attached hydrogen (secondary N) is 2. The molecule has 1 heterocycles. The van der Waals surface area contributed by atoms with Crippen molar-refractivity contribution in [3.8, 4) is 0 Å². The largest absolute Gasteiger partial charge is 0.349 e. The Hall–Kier alpha value is -1.32. The monoisotopic (exact) mass is 139 g/mol. The Labute approximate surface area is 58.7 Å². The number of H-pyrrole nitrogens is 1. The molecule has 0 aliphatic carbocycles. The molecule has 1 aromatic rings. The Morgan fingerprint density at radius 3 is 3.20 bits per heavy atom. The Morgan fingerprint density at radius 2 is 2.70 bits per heavy atom. The number of carbonyl (C=O) groups excluding carboxylic acids is 1. The number of nitrogens with zero attached hydrogens (tertiary/aromatic N) is 1. The molecule has 4 heteroatoms. The standard InChI is InChI=1S/C6H9N3O/c1-5(10)9-4-6-7-2-3-8-6/h2-3H,4H2,1H3,(H,7,8)(H,9,10). The van der Waals surface area contributed by atoms with Crippen molar-refractivity contribution in [1.82, 2.24) is 15.3 Å². The zero-order valence-corrected chi connectivity index (χ0v) is 5.72. The molecule has 0 aliphatic rings. The minimum absolute atomic E-state index is 0.0450. The van der Waals surface area contributed by atoms with Gasteiger partial charge in [-0.2, -0.15) is 0 Å². The van der Waals surface area contributed by atoms with Crippen LogP contribution in [0, 0.1) is 0 Å². The van der Waals surface area contributed by atoms with Crippen LogP contribution in [0.3, 0.4) is 0 Å². The van der Waals surface area contributed by atoms with Gasteiger partial charge in [0.1, 0.15) is 5.82 Å². The van der Waals surface area contributed by atoms with Crippen molar-refractivity contribution < 1.29 is 4.79 Å². The normalized spacial score (nSPS) is 9.30. The Balaban J connectivity index is 2.35. The summed E-state index contributed by atoms with van der Waals surface area (Å²) in [5.41, 5.74) is 0. The van der Waals surface area contributed by atoms with Gasteiger partial charge >= 0.3 is 0 Å². The minimum atomic E-state index is -0.0450. The fourth-order valence-corrected chi connectivity index (χ4v) is 0.603. The number of aromatic amines is 1. The van der Waals surface area contributed by atoms with E-state index < -0.39 is 0 Å². The van der Waals surface area contributed by atoms with E-state index in [2.05, 4.69) is 15.3 Å². The van der Waals surface area contributed by atoms with Crippen LogP contribution in [-0.4, -0.2) is 15.9 Å². The molecule has 0 unspecified atom stereocenters. The zero-order chi connectivity index (χ0) is 7.40. The molecular formula is C6H9N3O. The number of hydrogen-bond acceptors (Lipinski definition) is 2. The summed E-state index contributed by atoms with van der Waals surface area (Å²) in [6, 6.07) is 0. The van der Waals surface area contributed by atoms with E-state index in [4.69, 9.17) is 0 Å². The van der Waals surface area contributed by atoms with Gasteiger partial charge in [-0.15, -0.1) is 0 Å². The third-order valence-electron chi connectivity index (χ3n) is 1.06. The van der Waals surface area contributed by atoms with Gasteiger partial charge in [0.15, 0.2) is 0 Å². The highest BCUT2D eigenvalue weighted by Gasteiger charge is 1.93. The summed E-state index contributed by atoms with van der Waals surface area (Å²) in [6.45, 7) is 1.95. The van der Waals surface area contributed by atoms with Crippen molar-refractivity contribution in [2.45, 2.75) is 13.5 Å². The molecule has 0 saturated carbocycles. The molecule has 10 heavy (non-hydrogen) atoms. The van der Waals surface area contributed by atoms with Gasteiger partial charge in [-0.1, -0.05) is 0 Å². The van der Waals surface area contributed by atoms with Gasteiger partial charge in [-0.3, -0.25) is 4.79 Å². The van der Waals surface area contributed by atoms with E-state index in [9.17, 15) is 4.79 Å². The lowest BCUT2D eigenvalue weighted by atomic mass is 10.6. The summed E-state index contributed by atoms with van der Waals surface area (Å²) >= 11 is 0. The van der Waals surface area contributed by atoms with Crippen LogP contribution in [-0.2, 0) is 11.3 Å². The first kappa shape index (κ1) is 6.80. The Kier molecular flexibility index (Phi) is 2.04. The molecule has 0 aliphatic heterocycles. The zero-order valence-electron chi connectivity index (χ0n) is 5.72. The van der Waals surface area contributed by atoms with Crippen molar-refractivity contribution in [3.05, 3.63) is 18.2 Å². The molecule has 0 bridgehead atoms. The van der Waals surface area contributed by atoms with Crippen LogP contribution in [0.2, 0.25) is 0 Å². The molecule has 2 N–H and O–H groups in total. The van der Waals surface area contributed by atoms with E-state index in [0.29, 0.717) is 6.54 Å². The van der Waals surface area contributed by atoms with E-state index >= 15 is 0 Å².